The molecule has 0 spiro atoms. The van der Waals surface area contributed by atoms with Crippen molar-refractivity contribution >= 4 is 11.6 Å². The molecule has 0 amide bonds. The van der Waals surface area contributed by atoms with Gasteiger partial charge in [0.1, 0.15) is 0 Å². The van der Waals surface area contributed by atoms with E-state index in [1.807, 2.05) is 12.3 Å². The highest BCUT2D eigenvalue weighted by atomic mass is 35.5. The molecule has 1 aromatic rings. The molecule has 206 valence electrons. The minimum atomic E-state index is 0.519. The molecule has 2 rings (SSSR count). The van der Waals surface area contributed by atoms with E-state index < -0.39 is 0 Å². The normalized spacial score (nSPS) is 16.5. The van der Waals surface area contributed by atoms with Crippen LogP contribution in [0.15, 0.2) is 78.7 Å². The van der Waals surface area contributed by atoms with E-state index in [1.54, 1.807) is 11.8 Å². The Bertz CT molecular complexity index is 889. The molecule has 1 nitrogen and oxygen atoms in total. The van der Waals surface area contributed by atoms with Crippen LogP contribution in [-0.4, -0.2) is 0 Å². The molecular weight excluding hydrogens is 470 g/mol. The first-order chi connectivity index (χ1) is 17.9. The van der Waals surface area contributed by atoms with Crippen molar-refractivity contribution in [2.75, 3.05) is 0 Å². The summed E-state index contributed by atoms with van der Waals surface area (Å²) in [6, 6.07) is 6.60. The summed E-state index contributed by atoms with van der Waals surface area (Å²) in [5.41, 5.74) is 7.41. The van der Waals surface area contributed by atoms with Crippen molar-refractivity contribution in [3.63, 3.8) is 0 Å². The van der Waals surface area contributed by atoms with Crippen LogP contribution in [0.1, 0.15) is 122 Å². The Labute approximate surface area is 234 Å². The molecule has 0 radical (unpaired) electrons. The van der Waals surface area contributed by atoms with Crippen LogP contribution in [0.5, 0.6) is 0 Å². The summed E-state index contributed by atoms with van der Waals surface area (Å²) >= 11 is 6.35. The third-order valence-electron chi connectivity index (χ3n) is 7.44. The number of unbranched alkanes of at least 4 members (excludes halogenated alkanes) is 4. The van der Waals surface area contributed by atoms with E-state index in [9.17, 15) is 0 Å². The molecule has 2 heteroatoms. The maximum Gasteiger partial charge on any atom is 0.0408 e. The van der Waals surface area contributed by atoms with Gasteiger partial charge in [-0.3, -0.25) is 0 Å². The molecular formula is C35H54ClN. The van der Waals surface area contributed by atoms with Gasteiger partial charge in [0.05, 0.1) is 0 Å². The minimum Gasteiger partial charge on any atom is -0.368 e. The van der Waals surface area contributed by atoms with Crippen molar-refractivity contribution in [3.05, 3.63) is 94.9 Å². The molecule has 0 aliphatic heterocycles. The van der Waals surface area contributed by atoms with Gasteiger partial charge in [-0.1, -0.05) is 119 Å². The predicted octanol–water partition coefficient (Wildman–Crippen LogP) is 11.6. The van der Waals surface area contributed by atoms with E-state index >= 15 is 0 Å². The first-order valence-corrected chi connectivity index (χ1v) is 15.1. The van der Waals surface area contributed by atoms with Crippen molar-refractivity contribution in [3.8, 4) is 0 Å². The standard InChI is InChI=1S/C26H37Cl.C9H17N/c1-5-8-10-11-14-22(12-7-3)26-20(4)21(13-9-6-2)15-16-23-19-24(27)17-18-25(23)26;1-4-6-7-9(3)8-10-5-2/h6,9,13,17-19,22,26H,2,5,7-8,10-12,14-16H2,1,3-4H3;5,8,10H,2,4,6-7H2,1,3H3/b13-9-;9-8+. The molecule has 0 aromatic heterocycles. The van der Waals surface area contributed by atoms with Crippen LogP contribution in [0.25, 0.3) is 0 Å². The lowest BCUT2D eigenvalue weighted by Gasteiger charge is -2.30. The van der Waals surface area contributed by atoms with E-state index in [-0.39, 0.29) is 0 Å². The third kappa shape index (κ3) is 12.4. The summed E-state index contributed by atoms with van der Waals surface area (Å²) in [6.45, 7) is 18.7. The lowest BCUT2D eigenvalue weighted by Crippen LogP contribution is -2.16. The van der Waals surface area contributed by atoms with Gasteiger partial charge in [0.25, 0.3) is 0 Å². The first kappa shape index (κ1) is 33.0. The van der Waals surface area contributed by atoms with Gasteiger partial charge in [-0.15, -0.1) is 0 Å². The van der Waals surface area contributed by atoms with Crippen molar-refractivity contribution in [1.29, 1.82) is 0 Å². The Balaban J connectivity index is 0.000000580. The predicted molar refractivity (Wildman–Crippen MR) is 168 cm³/mol. The lowest BCUT2D eigenvalue weighted by molar-refractivity contribution is 0.377. The van der Waals surface area contributed by atoms with Gasteiger partial charge in [0.2, 0.25) is 0 Å². The smallest absolute Gasteiger partial charge is 0.0408 e. The average molecular weight is 524 g/mol. The number of aryl methyl sites for hydroxylation is 1. The number of benzene rings is 1. The third-order valence-corrected chi connectivity index (χ3v) is 7.68. The van der Waals surface area contributed by atoms with Gasteiger partial charge >= 0.3 is 0 Å². The van der Waals surface area contributed by atoms with Crippen molar-refractivity contribution in [2.24, 2.45) is 5.92 Å². The topological polar surface area (TPSA) is 12.0 Å². The van der Waals surface area contributed by atoms with Crippen LogP contribution in [0, 0.1) is 5.92 Å². The quantitative estimate of drug-likeness (QED) is 0.178. The monoisotopic (exact) mass is 523 g/mol. The van der Waals surface area contributed by atoms with Crippen molar-refractivity contribution < 1.29 is 0 Å². The zero-order valence-corrected chi connectivity index (χ0v) is 25.3. The molecule has 0 saturated carbocycles. The molecule has 0 bridgehead atoms. The van der Waals surface area contributed by atoms with E-state index in [4.69, 9.17) is 11.6 Å². The van der Waals surface area contributed by atoms with E-state index in [1.165, 1.54) is 86.5 Å². The van der Waals surface area contributed by atoms with Gasteiger partial charge in [0, 0.05) is 10.9 Å². The molecule has 1 N–H and O–H groups in total. The number of allylic oxidation sites excluding steroid dienone is 6. The number of rotatable bonds is 15. The Morgan fingerprint density at radius 1 is 1.03 bits per heavy atom. The van der Waals surface area contributed by atoms with Crippen LogP contribution in [0.3, 0.4) is 0 Å². The van der Waals surface area contributed by atoms with Gasteiger partial charge in [0.15, 0.2) is 0 Å². The SMILES string of the molecule is C=C/C=C\C1=C(C)C(C(CCC)CCCCCC)c2ccc(Cl)cc2CC1.C=CN/C=C(\C)CCCC. The van der Waals surface area contributed by atoms with Gasteiger partial charge < -0.3 is 5.32 Å². The fraction of sp³-hybridized carbons (Fsp3) is 0.543. The highest BCUT2D eigenvalue weighted by Gasteiger charge is 2.29. The fourth-order valence-electron chi connectivity index (χ4n) is 5.41. The number of nitrogens with one attached hydrogen (secondary N) is 1. The average Bonchev–Trinajstić information content (AvgIpc) is 3.02. The van der Waals surface area contributed by atoms with E-state index in [0.717, 1.165) is 23.8 Å². The minimum absolute atomic E-state index is 0.519. The molecule has 0 fully saturated rings. The maximum absolute atomic E-state index is 6.35. The van der Waals surface area contributed by atoms with E-state index in [0.29, 0.717) is 5.92 Å². The Morgan fingerprint density at radius 2 is 1.78 bits per heavy atom. The summed E-state index contributed by atoms with van der Waals surface area (Å²) < 4.78 is 0. The second-order valence-corrected chi connectivity index (χ2v) is 10.9. The molecule has 1 aliphatic rings. The fourth-order valence-corrected chi connectivity index (χ4v) is 5.61. The van der Waals surface area contributed by atoms with Crippen molar-refractivity contribution in [2.45, 2.75) is 118 Å². The molecule has 0 heterocycles. The molecule has 2 unspecified atom stereocenters. The summed E-state index contributed by atoms with van der Waals surface area (Å²) in [5, 5.41) is 3.82. The van der Waals surface area contributed by atoms with Gasteiger partial charge in [-0.2, -0.15) is 0 Å². The largest absolute Gasteiger partial charge is 0.368 e. The zero-order valence-electron chi connectivity index (χ0n) is 24.6. The van der Waals surface area contributed by atoms with Gasteiger partial charge in [-0.25, -0.2) is 0 Å². The zero-order chi connectivity index (χ0) is 27.5. The van der Waals surface area contributed by atoms with E-state index in [2.05, 4.69) is 83.4 Å². The van der Waals surface area contributed by atoms with Crippen molar-refractivity contribution in [1.82, 2.24) is 5.32 Å². The molecule has 0 saturated heterocycles. The number of hydrogen-bond donors (Lipinski definition) is 1. The van der Waals surface area contributed by atoms with Crippen LogP contribution < -0.4 is 5.32 Å². The van der Waals surface area contributed by atoms with Crippen LogP contribution in [0.4, 0.5) is 0 Å². The molecule has 1 aromatic carbocycles. The lowest BCUT2D eigenvalue weighted by atomic mass is 9.74. The summed E-state index contributed by atoms with van der Waals surface area (Å²) in [6.07, 6.45) is 25.1. The molecule has 1 aliphatic carbocycles. The summed E-state index contributed by atoms with van der Waals surface area (Å²) in [4.78, 5) is 0. The Morgan fingerprint density at radius 3 is 2.43 bits per heavy atom. The van der Waals surface area contributed by atoms with Gasteiger partial charge in [-0.05, 0) is 99.5 Å². The number of hydrogen-bond acceptors (Lipinski definition) is 1. The second kappa shape index (κ2) is 20.0. The molecule has 2 atom stereocenters. The summed E-state index contributed by atoms with van der Waals surface area (Å²) in [5.74, 6) is 1.24. The van der Waals surface area contributed by atoms with Crippen LogP contribution in [-0.2, 0) is 6.42 Å². The first-order valence-electron chi connectivity index (χ1n) is 14.7. The highest BCUT2D eigenvalue weighted by molar-refractivity contribution is 6.30. The Kier molecular flexibility index (Phi) is 17.9. The molecule has 37 heavy (non-hydrogen) atoms. The number of halogens is 1. The Hall–Kier alpha value is -1.99. The summed E-state index contributed by atoms with van der Waals surface area (Å²) in [7, 11) is 0. The van der Waals surface area contributed by atoms with Crippen LogP contribution >= 0.6 is 11.6 Å². The van der Waals surface area contributed by atoms with Crippen LogP contribution in [0.2, 0.25) is 5.02 Å². The maximum atomic E-state index is 6.35. The second-order valence-electron chi connectivity index (χ2n) is 10.5. The highest BCUT2D eigenvalue weighted by Crippen LogP contribution is 2.44. The number of fused-ring (bicyclic) bond motifs is 1.